The Morgan fingerprint density at radius 2 is 1.47 bits per heavy atom. The molecule has 0 spiro atoms. The molecule has 0 fully saturated rings. The van der Waals surface area contributed by atoms with E-state index in [1.165, 1.54) is 11.3 Å². The van der Waals surface area contributed by atoms with E-state index < -0.39 is 10.0 Å². The quantitative estimate of drug-likeness (QED) is 0.363. The van der Waals surface area contributed by atoms with Crippen molar-refractivity contribution >= 4 is 37.9 Å². The second-order valence-corrected chi connectivity index (χ2v) is 10.9. The van der Waals surface area contributed by atoms with Gasteiger partial charge in [0.15, 0.2) is 5.13 Å². The molecular formula is C24H24N4O2S2. The fraction of sp³-hybridized carbons (Fsp3) is 0.167. The van der Waals surface area contributed by atoms with Crippen molar-refractivity contribution in [1.82, 2.24) is 9.97 Å². The summed E-state index contributed by atoms with van der Waals surface area (Å²) in [6.07, 6.45) is 3.47. The van der Waals surface area contributed by atoms with Crippen LogP contribution in [0.3, 0.4) is 0 Å². The summed E-state index contributed by atoms with van der Waals surface area (Å²) in [4.78, 5) is 8.85. The Hall–Kier alpha value is -3.23. The molecule has 2 N–H and O–H groups in total. The minimum Gasteiger partial charge on any atom is -0.332 e. The van der Waals surface area contributed by atoms with Crippen molar-refractivity contribution in [3.05, 3.63) is 84.0 Å². The average molecular weight is 465 g/mol. The van der Waals surface area contributed by atoms with Gasteiger partial charge in [-0.25, -0.2) is 13.4 Å². The van der Waals surface area contributed by atoms with Crippen LogP contribution in [0.4, 0.5) is 16.5 Å². The van der Waals surface area contributed by atoms with Crippen LogP contribution in [-0.4, -0.2) is 18.4 Å². The Morgan fingerprint density at radius 3 is 2.09 bits per heavy atom. The van der Waals surface area contributed by atoms with Crippen LogP contribution in [0.15, 0.2) is 83.3 Å². The zero-order chi connectivity index (χ0) is 22.8. The summed E-state index contributed by atoms with van der Waals surface area (Å²) in [6.45, 7) is 6.28. The highest BCUT2D eigenvalue weighted by atomic mass is 32.2. The third-order valence-electron chi connectivity index (χ3n) is 4.90. The zero-order valence-corrected chi connectivity index (χ0v) is 19.7. The number of hydrogen-bond acceptors (Lipinski definition) is 6. The third-order valence-corrected chi connectivity index (χ3v) is 7.05. The van der Waals surface area contributed by atoms with E-state index >= 15 is 0 Å². The second kappa shape index (κ2) is 8.72. The van der Waals surface area contributed by atoms with Crippen LogP contribution in [0.2, 0.25) is 0 Å². The van der Waals surface area contributed by atoms with Crippen molar-refractivity contribution in [2.45, 2.75) is 31.1 Å². The monoisotopic (exact) mass is 464 g/mol. The number of thiazole rings is 1. The number of anilines is 3. The van der Waals surface area contributed by atoms with E-state index in [2.05, 4.69) is 40.8 Å². The van der Waals surface area contributed by atoms with Crippen LogP contribution < -0.4 is 10.0 Å². The maximum atomic E-state index is 12.7. The molecular weight excluding hydrogens is 440 g/mol. The topological polar surface area (TPSA) is 84.0 Å². The Balaban J connectivity index is 1.43. The highest BCUT2D eigenvalue weighted by Gasteiger charge is 2.17. The molecule has 0 unspecified atom stereocenters. The van der Waals surface area contributed by atoms with E-state index in [0.717, 1.165) is 27.6 Å². The first kappa shape index (κ1) is 22.0. The number of nitrogens with zero attached hydrogens (tertiary/aromatic N) is 2. The molecule has 32 heavy (non-hydrogen) atoms. The lowest BCUT2D eigenvalue weighted by Gasteiger charge is -2.19. The largest absolute Gasteiger partial charge is 0.332 e. The van der Waals surface area contributed by atoms with Crippen molar-refractivity contribution in [3.63, 3.8) is 0 Å². The first-order valence-electron chi connectivity index (χ1n) is 10.1. The van der Waals surface area contributed by atoms with Gasteiger partial charge < -0.3 is 5.32 Å². The molecule has 0 bridgehead atoms. The third kappa shape index (κ3) is 5.15. The van der Waals surface area contributed by atoms with Gasteiger partial charge in [0, 0.05) is 34.7 Å². The van der Waals surface area contributed by atoms with Crippen LogP contribution in [0.5, 0.6) is 0 Å². The maximum absolute atomic E-state index is 12.7. The van der Waals surface area contributed by atoms with Gasteiger partial charge in [0.2, 0.25) is 0 Å². The van der Waals surface area contributed by atoms with Crippen molar-refractivity contribution < 1.29 is 8.42 Å². The molecule has 0 saturated carbocycles. The molecule has 4 rings (SSSR count). The number of hydrogen-bond donors (Lipinski definition) is 2. The van der Waals surface area contributed by atoms with E-state index in [9.17, 15) is 8.42 Å². The molecule has 6 nitrogen and oxygen atoms in total. The first-order valence-corrected chi connectivity index (χ1v) is 12.4. The molecule has 0 aliphatic carbocycles. The standard InChI is InChI=1S/C24H24N4O2S2/c1-24(2,3)18-4-10-21(11-5-18)32(29,30)28-20-8-6-19(7-9-20)26-23-27-22(16-31-23)17-12-14-25-15-13-17/h4-16,28H,1-3H3,(H,26,27). The maximum Gasteiger partial charge on any atom is 0.261 e. The number of aromatic nitrogens is 2. The first-order chi connectivity index (χ1) is 15.2. The van der Waals surface area contributed by atoms with Crippen LogP contribution in [0.25, 0.3) is 11.3 Å². The molecule has 8 heteroatoms. The number of rotatable bonds is 6. The van der Waals surface area contributed by atoms with Gasteiger partial charge in [0.1, 0.15) is 0 Å². The molecule has 0 atom stereocenters. The highest BCUT2D eigenvalue weighted by molar-refractivity contribution is 7.92. The summed E-state index contributed by atoms with van der Waals surface area (Å²) >= 11 is 1.50. The summed E-state index contributed by atoms with van der Waals surface area (Å²) in [5, 5.41) is 5.98. The smallest absolute Gasteiger partial charge is 0.261 e. The van der Waals surface area contributed by atoms with Gasteiger partial charge >= 0.3 is 0 Å². The van der Waals surface area contributed by atoms with Gasteiger partial charge in [0.05, 0.1) is 10.6 Å². The van der Waals surface area contributed by atoms with E-state index in [0.29, 0.717) is 5.69 Å². The van der Waals surface area contributed by atoms with Crippen LogP contribution in [-0.2, 0) is 15.4 Å². The summed E-state index contributed by atoms with van der Waals surface area (Å²) in [5.74, 6) is 0. The Bertz CT molecular complexity index is 1290. The fourth-order valence-corrected chi connectivity index (χ4v) is 4.88. The molecule has 0 aliphatic heterocycles. The molecule has 2 aromatic carbocycles. The molecule has 4 aromatic rings. The summed E-state index contributed by atoms with van der Waals surface area (Å²) in [5.41, 5.74) is 4.24. The molecule has 2 heterocycles. The van der Waals surface area contributed by atoms with E-state index in [1.807, 2.05) is 41.8 Å². The molecule has 2 aromatic heterocycles. The fourth-order valence-electron chi connectivity index (χ4n) is 3.08. The van der Waals surface area contributed by atoms with E-state index in [-0.39, 0.29) is 10.3 Å². The Labute approximate surface area is 192 Å². The van der Waals surface area contributed by atoms with Gasteiger partial charge in [-0.1, -0.05) is 32.9 Å². The van der Waals surface area contributed by atoms with Crippen molar-refractivity contribution in [2.24, 2.45) is 0 Å². The molecule has 164 valence electrons. The number of sulfonamides is 1. The number of nitrogens with one attached hydrogen (secondary N) is 2. The van der Waals surface area contributed by atoms with Crippen LogP contribution in [0.1, 0.15) is 26.3 Å². The van der Waals surface area contributed by atoms with Gasteiger partial charge in [-0.3, -0.25) is 9.71 Å². The number of benzene rings is 2. The average Bonchev–Trinajstić information content (AvgIpc) is 3.24. The molecule has 0 saturated heterocycles. The van der Waals surface area contributed by atoms with Crippen molar-refractivity contribution in [1.29, 1.82) is 0 Å². The van der Waals surface area contributed by atoms with E-state index in [1.54, 1.807) is 36.7 Å². The minimum atomic E-state index is -3.66. The lowest BCUT2D eigenvalue weighted by molar-refractivity contribution is 0.587. The lowest BCUT2D eigenvalue weighted by Crippen LogP contribution is -2.14. The minimum absolute atomic E-state index is 0.0327. The van der Waals surface area contributed by atoms with Crippen molar-refractivity contribution in [3.8, 4) is 11.3 Å². The van der Waals surface area contributed by atoms with Gasteiger partial charge in [-0.15, -0.1) is 11.3 Å². The van der Waals surface area contributed by atoms with Crippen molar-refractivity contribution in [2.75, 3.05) is 10.0 Å². The normalized spacial score (nSPS) is 11.8. The van der Waals surface area contributed by atoms with Gasteiger partial charge in [0.25, 0.3) is 10.0 Å². The summed E-state index contributed by atoms with van der Waals surface area (Å²) in [6, 6.07) is 17.9. The molecule has 0 aliphatic rings. The van der Waals surface area contributed by atoms with Crippen LogP contribution >= 0.6 is 11.3 Å². The Kier molecular flexibility index (Phi) is 5.99. The molecule has 0 amide bonds. The summed E-state index contributed by atoms with van der Waals surface area (Å²) < 4.78 is 28.1. The Morgan fingerprint density at radius 1 is 0.844 bits per heavy atom. The molecule has 0 radical (unpaired) electrons. The van der Waals surface area contributed by atoms with E-state index in [4.69, 9.17) is 0 Å². The van der Waals surface area contributed by atoms with Crippen LogP contribution in [0, 0.1) is 0 Å². The highest BCUT2D eigenvalue weighted by Crippen LogP contribution is 2.28. The summed E-state index contributed by atoms with van der Waals surface area (Å²) in [7, 11) is -3.66. The predicted molar refractivity (Wildman–Crippen MR) is 131 cm³/mol. The second-order valence-electron chi connectivity index (χ2n) is 8.36. The lowest BCUT2D eigenvalue weighted by atomic mass is 9.87. The number of pyridine rings is 1. The van der Waals surface area contributed by atoms with Gasteiger partial charge in [-0.05, 0) is 59.5 Å². The zero-order valence-electron chi connectivity index (χ0n) is 18.0. The predicted octanol–water partition coefficient (Wildman–Crippen LogP) is 6.05. The van der Waals surface area contributed by atoms with Gasteiger partial charge in [-0.2, -0.15) is 0 Å². The SMILES string of the molecule is CC(C)(C)c1ccc(S(=O)(=O)Nc2ccc(Nc3nc(-c4ccncc4)cs3)cc2)cc1.